The zero-order valence-electron chi connectivity index (χ0n) is 15.6. The molecule has 2 aromatic carbocycles. The molecule has 0 atom stereocenters. The monoisotopic (exact) mass is 547 g/mol. The Morgan fingerprint density at radius 3 is 2.50 bits per heavy atom. The Labute approximate surface area is 195 Å². The molecular formula is C21H16Br2ClN5O. The largest absolute Gasteiger partial charge is 0.304 e. The highest BCUT2D eigenvalue weighted by Gasteiger charge is 2.13. The van der Waals surface area contributed by atoms with Gasteiger partial charge in [-0.1, -0.05) is 35.9 Å². The molecule has 0 radical (unpaired) electrons. The normalized spacial score (nSPS) is 10.9. The highest BCUT2D eigenvalue weighted by atomic mass is 79.9. The van der Waals surface area contributed by atoms with Crippen LogP contribution in [0.25, 0.3) is 0 Å². The van der Waals surface area contributed by atoms with E-state index >= 15 is 0 Å². The molecule has 0 aliphatic rings. The van der Waals surface area contributed by atoms with Crippen LogP contribution in [0.4, 0.5) is 5.82 Å². The summed E-state index contributed by atoms with van der Waals surface area (Å²) in [7, 11) is 0. The molecule has 4 rings (SSSR count). The molecule has 0 bridgehead atoms. The van der Waals surface area contributed by atoms with E-state index in [4.69, 9.17) is 11.6 Å². The molecule has 4 aromatic rings. The van der Waals surface area contributed by atoms with Crippen molar-refractivity contribution in [2.45, 2.75) is 13.1 Å². The maximum absolute atomic E-state index is 12.8. The summed E-state index contributed by atoms with van der Waals surface area (Å²) < 4.78 is 5.18. The highest BCUT2D eigenvalue weighted by Crippen LogP contribution is 2.22. The molecule has 0 fully saturated rings. The SMILES string of the molecule is O=C(Nc1nn(Cc2ccc(Cl)cc2)cc1Br)c1cccc(Cn2cc(Br)cn2)c1. The van der Waals surface area contributed by atoms with Gasteiger partial charge in [-0.05, 0) is 67.3 Å². The van der Waals surface area contributed by atoms with Gasteiger partial charge in [0.1, 0.15) is 0 Å². The summed E-state index contributed by atoms with van der Waals surface area (Å²) in [4.78, 5) is 12.8. The quantitative estimate of drug-likeness (QED) is 0.340. The van der Waals surface area contributed by atoms with Crippen molar-refractivity contribution in [3.05, 3.63) is 97.8 Å². The van der Waals surface area contributed by atoms with Gasteiger partial charge in [0.25, 0.3) is 5.91 Å². The third-order valence-electron chi connectivity index (χ3n) is 4.34. The maximum Gasteiger partial charge on any atom is 0.256 e. The van der Waals surface area contributed by atoms with E-state index in [0.29, 0.717) is 34.0 Å². The zero-order valence-corrected chi connectivity index (χ0v) is 19.5. The van der Waals surface area contributed by atoms with Crippen LogP contribution in [0.2, 0.25) is 5.02 Å². The fraction of sp³-hybridized carbons (Fsp3) is 0.0952. The van der Waals surface area contributed by atoms with Crippen molar-refractivity contribution in [1.29, 1.82) is 0 Å². The second-order valence-corrected chi connectivity index (χ2v) is 8.87. The molecule has 152 valence electrons. The standard InChI is InChI=1S/C21H16Br2ClN5O/c22-17-9-25-28(12-17)11-15-2-1-3-16(8-15)21(30)26-20-19(23)13-29(27-20)10-14-4-6-18(24)7-5-14/h1-9,12-13H,10-11H2,(H,26,27,30). The van der Waals surface area contributed by atoms with Crippen molar-refractivity contribution in [2.24, 2.45) is 0 Å². The molecule has 0 spiro atoms. The number of nitrogens with one attached hydrogen (secondary N) is 1. The number of anilines is 1. The molecule has 9 heteroatoms. The van der Waals surface area contributed by atoms with Gasteiger partial charge in [-0.3, -0.25) is 14.2 Å². The van der Waals surface area contributed by atoms with E-state index < -0.39 is 0 Å². The van der Waals surface area contributed by atoms with Crippen molar-refractivity contribution >= 4 is 55.2 Å². The summed E-state index contributed by atoms with van der Waals surface area (Å²) in [5.41, 5.74) is 2.59. The smallest absolute Gasteiger partial charge is 0.256 e. The molecule has 1 amide bonds. The minimum Gasteiger partial charge on any atom is -0.304 e. The molecule has 0 saturated carbocycles. The summed E-state index contributed by atoms with van der Waals surface area (Å²) in [6, 6.07) is 15.0. The number of carbonyl (C=O) groups is 1. The van der Waals surface area contributed by atoms with Gasteiger partial charge in [-0.2, -0.15) is 10.2 Å². The number of nitrogens with zero attached hydrogens (tertiary/aromatic N) is 4. The maximum atomic E-state index is 12.8. The molecule has 2 heterocycles. The third-order valence-corrected chi connectivity index (χ3v) is 5.58. The first-order valence-corrected chi connectivity index (χ1v) is 11.0. The number of amides is 1. The van der Waals surface area contributed by atoms with Gasteiger partial charge in [-0.15, -0.1) is 0 Å². The summed E-state index contributed by atoms with van der Waals surface area (Å²) in [5, 5.41) is 12.3. The van der Waals surface area contributed by atoms with Crippen LogP contribution in [-0.2, 0) is 13.1 Å². The van der Waals surface area contributed by atoms with Gasteiger partial charge in [0.15, 0.2) is 5.82 Å². The number of rotatable bonds is 6. The Morgan fingerprint density at radius 1 is 1.00 bits per heavy atom. The van der Waals surface area contributed by atoms with E-state index in [0.717, 1.165) is 15.6 Å². The predicted octanol–water partition coefficient (Wildman–Crippen LogP) is 5.61. The van der Waals surface area contributed by atoms with Crippen molar-refractivity contribution in [1.82, 2.24) is 19.6 Å². The summed E-state index contributed by atoms with van der Waals surface area (Å²) >= 11 is 12.8. The molecule has 0 unspecified atom stereocenters. The van der Waals surface area contributed by atoms with E-state index in [1.807, 2.05) is 54.9 Å². The number of aromatic nitrogens is 4. The molecule has 2 aromatic heterocycles. The van der Waals surface area contributed by atoms with Crippen molar-refractivity contribution in [3.63, 3.8) is 0 Å². The molecule has 6 nitrogen and oxygen atoms in total. The first-order valence-electron chi connectivity index (χ1n) is 9.02. The minimum absolute atomic E-state index is 0.226. The number of benzene rings is 2. The number of hydrogen-bond donors (Lipinski definition) is 1. The molecule has 0 aliphatic carbocycles. The number of hydrogen-bond acceptors (Lipinski definition) is 3. The van der Waals surface area contributed by atoms with Gasteiger partial charge in [-0.25, -0.2) is 0 Å². The lowest BCUT2D eigenvalue weighted by Gasteiger charge is -2.06. The Hall–Kier alpha value is -2.42. The Kier molecular flexibility index (Phi) is 6.36. The van der Waals surface area contributed by atoms with Crippen LogP contribution < -0.4 is 5.32 Å². The lowest BCUT2D eigenvalue weighted by molar-refractivity contribution is 0.102. The molecule has 0 saturated heterocycles. The lowest BCUT2D eigenvalue weighted by Crippen LogP contribution is -2.14. The van der Waals surface area contributed by atoms with E-state index in [1.54, 1.807) is 21.6 Å². The zero-order chi connectivity index (χ0) is 21.1. The lowest BCUT2D eigenvalue weighted by atomic mass is 10.1. The van der Waals surface area contributed by atoms with Crippen LogP contribution >= 0.6 is 43.5 Å². The van der Waals surface area contributed by atoms with Crippen LogP contribution in [-0.4, -0.2) is 25.5 Å². The van der Waals surface area contributed by atoms with Gasteiger partial charge in [0.2, 0.25) is 0 Å². The average molecular weight is 550 g/mol. The Balaban J connectivity index is 1.45. The van der Waals surface area contributed by atoms with Gasteiger partial charge >= 0.3 is 0 Å². The highest BCUT2D eigenvalue weighted by molar-refractivity contribution is 9.10. The number of halogens is 3. The van der Waals surface area contributed by atoms with E-state index in [9.17, 15) is 4.79 Å². The van der Waals surface area contributed by atoms with Gasteiger partial charge in [0, 0.05) is 23.0 Å². The Morgan fingerprint density at radius 2 is 1.77 bits per heavy atom. The van der Waals surface area contributed by atoms with Crippen molar-refractivity contribution in [3.8, 4) is 0 Å². The van der Waals surface area contributed by atoms with E-state index in [-0.39, 0.29) is 5.91 Å². The van der Waals surface area contributed by atoms with Crippen LogP contribution in [0.5, 0.6) is 0 Å². The first kappa shape index (κ1) is 20.8. The van der Waals surface area contributed by atoms with Gasteiger partial charge in [0.05, 0.1) is 28.2 Å². The summed E-state index contributed by atoms with van der Waals surface area (Å²) in [5.74, 6) is 0.242. The fourth-order valence-corrected chi connectivity index (χ4v) is 3.81. The predicted molar refractivity (Wildman–Crippen MR) is 124 cm³/mol. The summed E-state index contributed by atoms with van der Waals surface area (Å²) in [6.45, 7) is 1.15. The molecule has 1 N–H and O–H groups in total. The Bertz CT molecular complexity index is 1190. The third kappa shape index (κ3) is 5.19. The second kappa shape index (κ2) is 9.16. The van der Waals surface area contributed by atoms with Crippen LogP contribution in [0.15, 0.2) is 76.1 Å². The van der Waals surface area contributed by atoms with Crippen molar-refractivity contribution in [2.75, 3.05) is 5.32 Å². The second-order valence-electron chi connectivity index (χ2n) is 6.66. The first-order chi connectivity index (χ1) is 14.5. The molecule has 30 heavy (non-hydrogen) atoms. The van der Waals surface area contributed by atoms with E-state index in [2.05, 4.69) is 47.4 Å². The average Bonchev–Trinajstić information content (AvgIpc) is 3.28. The van der Waals surface area contributed by atoms with E-state index in [1.165, 1.54) is 0 Å². The summed E-state index contributed by atoms with van der Waals surface area (Å²) in [6.07, 6.45) is 5.45. The minimum atomic E-state index is -0.226. The van der Waals surface area contributed by atoms with Crippen LogP contribution in [0.3, 0.4) is 0 Å². The van der Waals surface area contributed by atoms with Crippen LogP contribution in [0, 0.1) is 0 Å². The van der Waals surface area contributed by atoms with Crippen molar-refractivity contribution < 1.29 is 4.79 Å². The van der Waals surface area contributed by atoms with Crippen LogP contribution in [0.1, 0.15) is 21.5 Å². The topological polar surface area (TPSA) is 64.7 Å². The molecular weight excluding hydrogens is 534 g/mol. The fourth-order valence-electron chi connectivity index (χ4n) is 2.94. The van der Waals surface area contributed by atoms with Gasteiger partial charge < -0.3 is 5.32 Å². The molecule has 0 aliphatic heterocycles. The number of carbonyl (C=O) groups excluding carboxylic acids is 1.